The van der Waals surface area contributed by atoms with E-state index in [2.05, 4.69) is 56.1 Å². The highest BCUT2D eigenvalue weighted by Crippen LogP contribution is 2.24. The lowest BCUT2D eigenvalue weighted by Crippen LogP contribution is -2.35. The average Bonchev–Trinajstić information content (AvgIpc) is 2.91. The average molecular weight is 288 g/mol. The van der Waals surface area contributed by atoms with Gasteiger partial charge < -0.3 is 10.2 Å². The van der Waals surface area contributed by atoms with E-state index in [1.807, 2.05) is 0 Å². The van der Waals surface area contributed by atoms with E-state index < -0.39 is 0 Å². The van der Waals surface area contributed by atoms with Crippen LogP contribution in [0.4, 0.5) is 0 Å². The van der Waals surface area contributed by atoms with Gasteiger partial charge in [-0.2, -0.15) is 0 Å². The second kappa shape index (κ2) is 7.95. The maximum atomic E-state index is 3.76. The van der Waals surface area contributed by atoms with Crippen LogP contribution in [0.5, 0.6) is 0 Å². The van der Waals surface area contributed by atoms with Crippen molar-refractivity contribution in [1.29, 1.82) is 0 Å². The normalized spacial score (nSPS) is 20.9. The van der Waals surface area contributed by atoms with E-state index >= 15 is 0 Å². The Hall–Kier alpha value is -0.860. The molecule has 0 aliphatic carbocycles. The molecule has 0 saturated carbocycles. The van der Waals surface area contributed by atoms with Gasteiger partial charge in [0.05, 0.1) is 0 Å². The molecule has 0 aromatic heterocycles. The second-order valence-electron chi connectivity index (χ2n) is 6.69. The molecule has 1 aromatic carbocycles. The van der Waals surface area contributed by atoms with Crippen LogP contribution in [0.1, 0.15) is 55.8 Å². The Kier molecular flexibility index (Phi) is 6.25. The Balaban J connectivity index is 2.07. The van der Waals surface area contributed by atoms with Crippen LogP contribution in [0.15, 0.2) is 18.2 Å². The highest BCUT2D eigenvalue weighted by atomic mass is 15.2. The summed E-state index contributed by atoms with van der Waals surface area (Å²) in [5.41, 5.74) is 4.27. The number of rotatable bonds is 7. The van der Waals surface area contributed by atoms with Crippen LogP contribution in [-0.4, -0.2) is 31.1 Å². The molecule has 2 rings (SSSR count). The summed E-state index contributed by atoms with van der Waals surface area (Å²) in [7, 11) is 0. The maximum Gasteiger partial charge on any atom is 0.0451 e. The first-order valence-corrected chi connectivity index (χ1v) is 8.66. The highest BCUT2D eigenvalue weighted by molar-refractivity contribution is 5.33. The van der Waals surface area contributed by atoms with Gasteiger partial charge in [0, 0.05) is 19.1 Å². The first-order chi connectivity index (χ1) is 10.1. The topological polar surface area (TPSA) is 15.3 Å². The minimum absolute atomic E-state index is 0.473. The van der Waals surface area contributed by atoms with Crippen LogP contribution >= 0.6 is 0 Å². The van der Waals surface area contributed by atoms with Crippen LogP contribution in [0.2, 0.25) is 0 Å². The Morgan fingerprint density at radius 1 is 1.29 bits per heavy atom. The van der Waals surface area contributed by atoms with Gasteiger partial charge in [-0.1, -0.05) is 44.0 Å². The molecular formula is C19H32N2. The second-order valence-corrected chi connectivity index (χ2v) is 6.69. The van der Waals surface area contributed by atoms with Crippen molar-refractivity contribution >= 4 is 0 Å². The minimum atomic E-state index is 0.473. The predicted octanol–water partition coefficient (Wildman–Crippen LogP) is 4.08. The molecule has 1 saturated heterocycles. The van der Waals surface area contributed by atoms with Gasteiger partial charge in [-0.25, -0.2) is 0 Å². The van der Waals surface area contributed by atoms with Crippen LogP contribution in [0.25, 0.3) is 0 Å². The van der Waals surface area contributed by atoms with Crippen molar-refractivity contribution in [3.63, 3.8) is 0 Å². The molecule has 2 nitrogen and oxygen atoms in total. The quantitative estimate of drug-likeness (QED) is 0.813. The summed E-state index contributed by atoms with van der Waals surface area (Å²) >= 11 is 0. The van der Waals surface area contributed by atoms with Crippen LogP contribution in [0, 0.1) is 19.8 Å². The lowest BCUT2D eigenvalue weighted by Gasteiger charge is -2.26. The molecule has 2 atom stereocenters. The van der Waals surface area contributed by atoms with E-state index in [0.29, 0.717) is 6.04 Å². The van der Waals surface area contributed by atoms with Gasteiger partial charge in [-0.15, -0.1) is 0 Å². The van der Waals surface area contributed by atoms with E-state index in [4.69, 9.17) is 0 Å². The van der Waals surface area contributed by atoms with Crippen molar-refractivity contribution < 1.29 is 0 Å². The van der Waals surface area contributed by atoms with E-state index in [1.54, 1.807) is 0 Å². The number of aryl methyl sites for hydroxylation is 2. The van der Waals surface area contributed by atoms with Crippen molar-refractivity contribution in [3.05, 3.63) is 34.9 Å². The number of likely N-dealkylation sites (tertiary alicyclic amines) is 1. The third-order valence-corrected chi connectivity index (χ3v) is 4.83. The van der Waals surface area contributed by atoms with E-state index in [0.717, 1.165) is 19.0 Å². The minimum Gasteiger partial charge on any atom is -0.309 e. The summed E-state index contributed by atoms with van der Waals surface area (Å²) in [6.45, 7) is 13.8. The third-order valence-electron chi connectivity index (χ3n) is 4.83. The molecule has 1 aromatic rings. The van der Waals surface area contributed by atoms with Gasteiger partial charge in [0.1, 0.15) is 0 Å². The number of hydrogen-bond acceptors (Lipinski definition) is 2. The fourth-order valence-corrected chi connectivity index (χ4v) is 3.48. The zero-order valence-corrected chi connectivity index (χ0v) is 14.3. The smallest absolute Gasteiger partial charge is 0.0451 e. The zero-order valence-electron chi connectivity index (χ0n) is 14.3. The molecule has 1 fully saturated rings. The predicted molar refractivity (Wildman–Crippen MR) is 91.8 cm³/mol. The molecule has 2 unspecified atom stereocenters. The van der Waals surface area contributed by atoms with Crippen molar-refractivity contribution in [2.24, 2.45) is 5.92 Å². The van der Waals surface area contributed by atoms with Crippen molar-refractivity contribution in [1.82, 2.24) is 10.2 Å². The molecule has 1 aliphatic rings. The lowest BCUT2D eigenvalue weighted by atomic mass is 9.98. The molecule has 0 bridgehead atoms. The summed E-state index contributed by atoms with van der Waals surface area (Å²) in [5, 5.41) is 3.76. The Morgan fingerprint density at radius 3 is 2.71 bits per heavy atom. The fraction of sp³-hybridized carbons (Fsp3) is 0.684. The fourth-order valence-electron chi connectivity index (χ4n) is 3.48. The third kappa shape index (κ3) is 4.55. The van der Waals surface area contributed by atoms with Gasteiger partial charge in [-0.3, -0.25) is 0 Å². The van der Waals surface area contributed by atoms with Crippen LogP contribution in [0.3, 0.4) is 0 Å². The Labute approximate surface area is 130 Å². The van der Waals surface area contributed by atoms with Crippen LogP contribution in [-0.2, 0) is 0 Å². The van der Waals surface area contributed by atoms with Gasteiger partial charge in [0.2, 0.25) is 0 Å². The van der Waals surface area contributed by atoms with Gasteiger partial charge >= 0.3 is 0 Å². The van der Waals surface area contributed by atoms with Crippen molar-refractivity contribution in [2.45, 2.75) is 53.0 Å². The first kappa shape index (κ1) is 16.5. The van der Waals surface area contributed by atoms with Crippen LogP contribution < -0.4 is 5.32 Å². The molecule has 2 heteroatoms. The van der Waals surface area contributed by atoms with Gasteiger partial charge in [-0.05, 0) is 56.8 Å². The molecule has 0 radical (unpaired) electrons. The Bertz CT molecular complexity index is 441. The molecule has 21 heavy (non-hydrogen) atoms. The summed E-state index contributed by atoms with van der Waals surface area (Å²) < 4.78 is 0. The number of nitrogens with one attached hydrogen (secondary N) is 1. The monoisotopic (exact) mass is 288 g/mol. The van der Waals surface area contributed by atoms with Gasteiger partial charge in [0.25, 0.3) is 0 Å². The summed E-state index contributed by atoms with van der Waals surface area (Å²) in [4.78, 5) is 2.65. The standard InChI is InChI=1S/C19H32N2/c1-5-10-20-19(14-21-11-9-17(6-2)13-21)18-8-7-15(3)12-16(18)4/h7-8,12,17,19-20H,5-6,9-11,13-14H2,1-4H3. The molecule has 0 amide bonds. The Morgan fingerprint density at radius 2 is 2.10 bits per heavy atom. The number of nitrogens with zero attached hydrogens (tertiary/aromatic N) is 1. The number of benzene rings is 1. The zero-order chi connectivity index (χ0) is 15.2. The van der Waals surface area contributed by atoms with Crippen molar-refractivity contribution in [3.8, 4) is 0 Å². The SMILES string of the molecule is CCCNC(CN1CCC(CC)C1)c1ccc(C)cc1C. The summed E-state index contributed by atoms with van der Waals surface area (Å²) in [6, 6.07) is 7.36. The van der Waals surface area contributed by atoms with Crippen molar-refractivity contribution in [2.75, 3.05) is 26.2 Å². The largest absolute Gasteiger partial charge is 0.309 e. The van der Waals surface area contributed by atoms with E-state index in [9.17, 15) is 0 Å². The molecule has 118 valence electrons. The molecule has 0 spiro atoms. The summed E-state index contributed by atoms with van der Waals surface area (Å²) in [5.74, 6) is 0.913. The molecule has 1 aliphatic heterocycles. The lowest BCUT2D eigenvalue weighted by molar-refractivity contribution is 0.281. The van der Waals surface area contributed by atoms with Gasteiger partial charge in [0.15, 0.2) is 0 Å². The highest BCUT2D eigenvalue weighted by Gasteiger charge is 2.24. The maximum absolute atomic E-state index is 3.76. The first-order valence-electron chi connectivity index (χ1n) is 8.66. The van der Waals surface area contributed by atoms with E-state index in [-0.39, 0.29) is 0 Å². The summed E-state index contributed by atoms with van der Waals surface area (Å²) in [6.07, 6.45) is 3.90. The molecular weight excluding hydrogens is 256 g/mol. The number of hydrogen-bond donors (Lipinski definition) is 1. The van der Waals surface area contributed by atoms with E-state index in [1.165, 1.54) is 49.0 Å². The molecule has 1 N–H and O–H groups in total. The molecule has 1 heterocycles.